The Morgan fingerprint density at radius 3 is 2.80 bits per heavy atom. The maximum Gasteiger partial charge on any atom is 0.260 e. The van der Waals surface area contributed by atoms with Crippen molar-refractivity contribution in [2.45, 2.75) is 6.92 Å². The molecule has 0 aromatic carbocycles. The number of primary amides is 1. The molecule has 20 heavy (non-hydrogen) atoms. The normalized spacial score (nSPS) is 15.8. The van der Waals surface area contributed by atoms with E-state index < -0.39 is 5.91 Å². The second-order valence-corrected chi connectivity index (χ2v) is 5.92. The average molecular weight is 291 g/mol. The lowest BCUT2D eigenvalue weighted by atomic mass is 10.1. The summed E-state index contributed by atoms with van der Waals surface area (Å²) in [5.74, 6) is 0.447. The zero-order valence-electron chi connectivity index (χ0n) is 11.3. The number of nitrogen functional groups attached to an aromatic ring is 1. The summed E-state index contributed by atoms with van der Waals surface area (Å²) in [6.45, 7) is 5.77. The van der Waals surface area contributed by atoms with Gasteiger partial charge in [-0.05, 0) is 18.6 Å². The molecule has 106 valence electrons. The lowest BCUT2D eigenvalue weighted by Crippen LogP contribution is -2.43. The SMILES string of the molecule is Cc1cc(N2CCNCC2)nc2sc(C(N)=O)c(N)c12. The van der Waals surface area contributed by atoms with Crippen molar-refractivity contribution in [3.05, 3.63) is 16.5 Å². The molecule has 0 aliphatic carbocycles. The fourth-order valence-electron chi connectivity index (χ4n) is 2.53. The molecule has 1 saturated heterocycles. The lowest BCUT2D eigenvalue weighted by molar-refractivity contribution is 0.100. The monoisotopic (exact) mass is 291 g/mol. The third-order valence-electron chi connectivity index (χ3n) is 3.55. The predicted octanol–water partition coefficient (Wildman–Crippen LogP) is 0.695. The summed E-state index contributed by atoms with van der Waals surface area (Å²) < 4.78 is 0. The highest BCUT2D eigenvalue weighted by molar-refractivity contribution is 7.21. The number of carbonyl (C=O) groups excluding carboxylic acids is 1. The van der Waals surface area contributed by atoms with Crippen molar-refractivity contribution in [3.63, 3.8) is 0 Å². The van der Waals surface area contributed by atoms with Crippen LogP contribution >= 0.6 is 11.3 Å². The van der Waals surface area contributed by atoms with Gasteiger partial charge in [0.15, 0.2) is 0 Å². The summed E-state index contributed by atoms with van der Waals surface area (Å²) in [7, 11) is 0. The van der Waals surface area contributed by atoms with Crippen molar-refractivity contribution >= 4 is 39.0 Å². The first-order valence-corrected chi connectivity index (χ1v) is 7.34. The Labute approximate surface area is 120 Å². The maximum absolute atomic E-state index is 11.4. The fraction of sp³-hybridized carbons (Fsp3) is 0.385. The van der Waals surface area contributed by atoms with E-state index in [1.807, 2.05) is 13.0 Å². The molecule has 0 atom stereocenters. The Morgan fingerprint density at radius 1 is 1.45 bits per heavy atom. The molecule has 0 unspecified atom stereocenters. The first-order valence-electron chi connectivity index (χ1n) is 6.53. The van der Waals surface area contributed by atoms with Crippen molar-refractivity contribution in [3.8, 4) is 0 Å². The van der Waals surface area contributed by atoms with Gasteiger partial charge >= 0.3 is 0 Å². The molecule has 1 amide bonds. The summed E-state index contributed by atoms with van der Waals surface area (Å²) in [5.41, 5.74) is 12.9. The maximum atomic E-state index is 11.4. The third kappa shape index (κ3) is 2.08. The Morgan fingerprint density at radius 2 is 2.15 bits per heavy atom. The number of thiophene rings is 1. The largest absolute Gasteiger partial charge is 0.397 e. The first-order chi connectivity index (χ1) is 9.58. The third-order valence-corrected chi connectivity index (χ3v) is 4.66. The summed E-state index contributed by atoms with van der Waals surface area (Å²) >= 11 is 1.27. The highest BCUT2D eigenvalue weighted by Crippen LogP contribution is 2.36. The average Bonchev–Trinajstić information content (AvgIpc) is 2.77. The number of hydrogen-bond donors (Lipinski definition) is 3. The number of anilines is 2. The van der Waals surface area contributed by atoms with E-state index in [0.29, 0.717) is 10.6 Å². The van der Waals surface area contributed by atoms with Crippen LogP contribution in [0.25, 0.3) is 10.2 Å². The molecule has 3 heterocycles. The van der Waals surface area contributed by atoms with Crippen molar-refractivity contribution in [2.75, 3.05) is 36.8 Å². The van der Waals surface area contributed by atoms with Crippen LogP contribution in [0.4, 0.5) is 11.5 Å². The van der Waals surface area contributed by atoms with Gasteiger partial charge in [0, 0.05) is 31.6 Å². The number of nitrogens with one attached hydrogen (secondary N) is 1. The van der Waals surface area contributed by atoms with E-state index in [0.717, 1.165) is 47.8 Å². The number of aryl methyl sites for hydroxylation is 1. The number of carbonyl (C=O) groups is 1. The highest BCUT2D eigenvalue weighted by atomic mass is 32.1. The molecule has 1 fully saturated rings. The van der Waals surface area contributed by atoms with Crippen LogP contribution in [0.2, 0.25) is 0 Å². The van der Waals surface area contributed by atoms with Gasteiger partial charge in [-0.15, -0.1) is 11.3 Å². The van der Waals surface area contributed by atoms with E-state index in [2.05, 4.69) is 15.2 Å². The van der Waals surface area contributed by atoms with E-state index in [-0.39, 0.29) is 0 Å². The van der Waals surface area contributed by atoms with Gasteiger partial charge in [0.25, 0.3) is 5.91 Å². The summed E-state index contributed by atoms with van der Waals surface area (Å²) in [4.78, 5) is 19.5. The van der Waals surface area contributed by atoms with Crippen LogP contribution in [0.15, 0.2) is 6.07 Å². The molecular weight excluding hydrogens is 274 g/mol. The summed E-state index contributed by atoms with van der Waals surface area (Å²) in [6.07, 6.45) is 0. The van der Waals surface area contributed by atoms with Gasteiger partial charge in [-0.2, -0.15) is 0 Å². The van der Waals surface area contributed by atoms with Crippen LogP contribution in [-0.2, 0) is 0 Å². The molecule has 0 saturated carbocycles. The highest BCUT2D eigenvalue weighted by Gasteiger charge is 2.19. The van der Waals surface area contributed by atoms with Gasteiger partial charge in [0.05, 0.1) is 5.69 Å². The number of amides is 1. The summed E-state index contributed by atoms with van der Waals surface area (Å²) in [6, 6.07) is 2.03. The van der Waals surface area contributed by atoms with Gasteiger partial charge in [-0.1, -0.05) is 0 Å². The van der Waals surface area contributed by atoms with Crippen molar-refractivity contribution in [2.24, 2.45) is 5.73 Å². The van der Waals surface area contributed by atoms with Gasteiger partial charge in [-0.25, -0.2) is 4.98 Å². The number of pyridine rings is 1. The predicted molar refractivity (Wildman–Crippen MR) is 82.4 cm³/mol. The zero-order chi connectivity index (χ0) is 14.3. The Hall–Kier alpha value is -1.86. The Balaban J connectivity index is 2.11. The van der Waals surface area contributed by atoms with Crippen LogP contribution < -0.4 is 21.7 Å². The van der Waals surface area contributed by atoms with Gasteiger partial charge < -0.3 is 21.7 Å². The van der Waals surface area contributed by atoms with E-state index in [4.69, 9.17) is 11.5 Å². The molecular formula is C13H17N5OS. The van der Waals surface area contributed by atoms with Crippen molar-refractivity contribution in [1.29, 1.82) is 0 Å². The topological polar surface area (TPSA) is 97.3 Å². The standard InChI is InChI=1S/C13H17N5OS/c1-7-6-8(18-4-2-16-3-5-18)17-13-9(7)10(14)11(20-13)12(15)19/h6,16H,2-5,14H2,1H3,(H2,15,19). The summed E-state index contributed by atoms with van der Waals surface area (Å²) in [5, 5.41) is 4.17. The Bertz CT molecular complexity index is 675. The number of rotatable bonds is 2. The smallest absolute Gasteiger partial charge is 0.260 e. The van der Waals surface area contributed by atoms with Crippen LogP contribution in [0.5, 0.6) is 0 Å². The van der Waals surface area contributed by atoms with Crippen LogP contribution in [0, 0.1) is 6.92 Å². The van der Waals surface area contributed by atoms with E-state index in [1.165, 1.54) is 11.3 Å². The van der Waals surface area contributed by atoms with Gasteiger partial charge in [0.1, 0.15) is 15.5 Å². The number of aromatic nitrogens is 1. The van der Waals surface area contributed by atoms with Gasteiger partial charge in [-0.3, -0.25) is 4.79 Å². The van der Waals surface area contributed by atoms with Crippen LogP contribution in [0.3, 0.4) is 0 Å². The molecule has 1 aliphatic heterocycles. The minimum atomic E-state index is -0.492. The molecule has 3 rings (SSSR count). The molecule has 7 heteroatoms. The minimum absolute atomic E-state index is 0.396. The number of nitrogens with two attached hydrogens (primary N) is 2. The molecule has 2 aromatic heterocycles. The second-order valence-electron chi connectivity index (χ2n) is 4.92. The van der Waals surface area contributed by atoms with E-state index in [9.17, 15) is 4.79 Å². The van der Waals surface area contributed by atoms with E-state index in [1.54, 1.807) is 0 Å². The first kappa shape index (κ1) is 13.1. The quantitative estimate of drug-likeness (QED) is 0.756. The molecule has 6 nitrogen and oxygen atoms in total. The molecule has 0 spiro atoms. The fourth-order valence-corrected chi connectivity index (χ4v) is 3.55. The number of hydrogen-bond acceptors (Lipinski definition) is 6. The van der Waals surface area contributed by atoms with Crippen molar-refractivity contribution < 1.29 is 4.79 Å². The van der Waals surface area contributed by atoms with Crippen LogP contribution in [0.1, 0.15) is 15.2 Å². The molecule has 1 aliphatic rings. The van der Waals surface area contributed by atoms with Crippen molar-refractivity contribution in [1.82, 2.24) is 10.3 Å². The number of piperazine rings is 1. The second kappa shape index (κ2) is 4.92. The Kier molecular flexibility index (Phi) is 3.23. The van der Waals surface area contributed by atoms with E-state index >= 15 is 0 Å². The molecule has 5 N–H and O–H groups in total. The molecule has 0 radical (unpaired) electrons. The lowest BCUT2D eigenvalue weighted by Gasteiger charge is -2.28. The number of fused-ring (bicyclic) bond motifs is 1. The zero-order valence-corrected chi connectivity index (χ0v) is 12.1. The van der Waals surface area contributed by atoms with Gasteiger partial charge in [0.2, 0.25) is 0 Å². The van der Waals surface area contributed by atoms with Crippen LogP contribution in [-0.4, -0.2) is 37.1 Å². The molecule has 2 aromatic rings. The molecule has 0 bridgehead atoms. The minimum Gasteiger partial charge on any atom is -0.397 e. The number of nitrogens with zero attached hydrogens (tertiary/aromatic N) is 2.